The van der Waals surface area contributed by atoms with Crippen LogP contribution in [-0.2, 0) is 11.0 Å². The highest BCUT2D eigenvalue weighted by atomic mass is 19.4. The topological polar surface area (TPSA) is 52.6 Å². The van der Waals surface area contributed by atoms with Crippen molar-refractivity contribution < 1.29 is 23.1 Å². The number of halogens is 3. The van der Waals surface area contributed by atoms with Crippen LogP contribution in [-0.4, -0.2) is 41.7 Å². The Morgan fingerprint density at radius 1 is 1.38 bits per heavy atom. The van der Waals surface area contributed by atoms with Crippen molar-refractivity contribution in [2.75, 3.05) is 19.6 Å². The number of alkyl halides is 3. The second kappa shape index (κ2) is 6.03. The van der Waals surface area contributed by atoms with Crippen LogP contribution in [0.15, 0.2) is 24.3 Å². The Morgan fingerprint density at radius 3 is 2.48 bits per heavy atom. The lowest BCUT2D eigenvalue weighted by molar-refractivity contribution is -0.144. The Bertz CT molecular complexity index is 502. The van der Waals surface area contributed by atoms with E-state index in [-0.39, 0.29) is 6.04 Å². The third-order valence-electron chi connectivity index (χ3n) is 3.55. The molecule has 1 aliphatic heterocycles. The molecule has 1 aromatic carbocycles. The summed E-state index contributed by atoms with van der Waals surface area (Å²) in [5, 5.41) is 12.6. The number of nitrogens with zero attached hydrogens (tertiary/aromatic N) is 1. The van der Waals surface area contributed by atoms with Gasteiger partial charge in [0.05, 0.1) is 5.56 Å². The number of carboxylic acid groups (broad SMARTS) is 1. The van der Waals surface area contributed by atoms with E-state index < -0.39 is 23.8 Å². The zero-order valence-electron chi connectivity index (χ0n) is 11.5. The molecule has 21 heavy (non-hydrogen) atoms. The van der Waals surface area contributed by atoms with E-state index >= 15 is 0 Å². The van der Waals surface area contributed by atoms with E-state index in [0.29, 0.717) is 25.2 Å². The molecule has 4 nitrogen and oxygen atoms in total. The predicted molar refractivity (Wildman–Crippen MR) is 70.9 cm³/mol. The van der Waals surface area contributed by atoms with Crippen molar-refractivity contribution >= 4 is 5.97 Å². The molecule has 0 aliphatic carbocycles. The van der Waals surface area contributed by atoms with Gasteiger partial charge in [-0.2, -0.15) is 13.2 Å². The minimum absolute atomic E-state index is 0.148. The van der Waals surface area contributed by atoms with Gasteiger partial charge >= 0.3 is 12.1 Å². The number of rotatable bonds is 3. The molecule has 116 valence electrons. The van der Waals surface area contributed by atoms with Gasteiger partial charge in [-0.3, -0.25) is 9.69 Å². The lowest BCUT2D eigenvalue weighted by atomic mass is 10.0. The first-order valence-corrected chi connectivity index (χ1v) is 6.66. The SMILES string of the molecule is CC1CN(C(C(=O)O)c2ccc(C(F)(F)F)cc2)CCN1. The molecular formula is C14H17F3N2O2. The Hall–Kier alpha value is -1.60. The average molecular weight is 302 g/mol. The Morgan fingerprint density at radius 2 is 2.00 bits per heavy atom. The molecule has 1 aromatic rings. The zero-order valence-corrected chi connectivity index (χ0v) is 11.5. The number of benzene rings is 1. The number of hydrogen-bond donors (Lipinski definition) is 2. The first-order valence-electron chi connectivity index (χ1n) is 6.66. The van der Waals surface area contributed by atoms with Gasteiger partial charge in [-0.1, -0.05) is 12.1 Å². The van der Waals surface area contributed by atoms with E-state index in [0.717, 1.165) is 12.1 Å². The number of aliphatic carboxylic acids is 1. The number of nitrogens with one attached hydrogen (secondary N) is 1. The van der Waals surface area contributed by atoms with Crippen molar-refractivity contribution in [3.8, 4) is 0 Å². The minimum Gasteiger partial charge on any atom is -0.480 e. The Labute approximate surface area is 120 Å². The van der Waals surface area contributed by atoms with Gasteiger partial charge in [0.2, 0.25) is 0 Å². The summed E-state index contributed by atoms with van der Waals surface area (Å²) in [4.78, 5) is 13.3. The van der Waals surface area contributed by atoms with Crippen LogP contribution in [0.25, 0.3) is 0 Å². The van der Waals surface area contributed by atoms with Crippen LogP contribution < -0.4 is 5.32 Å². The molecule has 2 unspecified atom stereocenters. The second-order valence-electron chi connectivity index (χ2n) is 5.21. The maximum atomic E-state index is 12.6. The molecule has 0 aromatic heterocycles. The first-order chi connectivity index (χ1) is 9.79. The highest BCUT2D eigenvalue weighted by Crippen LogP contribution is 2.31. The molecule has 2 N–H and O–H groups in total. The summed E-state index contributed by atoms with van der Waals surface area (Å²) in [5.41, 5.74) is -0.409. The fourth-order valence-corrected chi connectivity index (χ4v) is 2.56. The van der Waals surface area contributed by atoms with Crippen molar-refractivity contribution in [2.45, 2.75) is 25.2 Å². The van der Waals surface area contributed by atoms with Crippen molar-refractivity contribution in [2.24, 2.45) is 0 Å². The third-order valence-corrected chi connectivity index (χ3v) is 3.55. The fraction of sp³-hybridized carbons (Fsp3) is 0.500. The van der Waals surface area contributed by atoms with Crippen LogP contribution in [0.2, 0.25) is 0 Å². The molecule has 1 aliphatic rings. The molecule has 0 bridgehead atoms. The molecule has 1 fully saturated rings. The maximum Gasteiger partial charge on any atom is 0.416 e. The molecule has 0 radical (unpaired) electrons. The zero-order chi connectivity index (χ0) is 15.6. The quantitative estimate of drug-likeness (QED) is 0.898. The van der Waals surface area contributed by atoms with Gasteiger partial charge in [-0.15, -0.1) is 0 Å². The van der Waals surface area contributed by atoms with Crippen LogP contribution in [0.5, 0.6) is 0 Å². The summed E-state index contributed by atoms with van der Waals surface area (Å²) in [6.07, 6.45) is -4.42. The second-order valence-corrected chi connectivity index (χ2v) is 5.21. The third kappa shape index (κ3) is 3.74. The van der Waals surface area contributed by atoms with Gasteiger partial charge in [0.1, 0.15) is 6.04 Å². The molecule has 7 heteroatoms. The number of piperazine rings is 1. The fourth-order valence-electron chi connectivity index (χ4n) is 2.56. The number of carbonyl (C=O) groups is 1. The first kappa shape index (κ1) is 15.8. The van der Waals surface area contributed by atoms with Gasteiger partial charge < -0.3 is 10.4 Å². The van der Waals surface area contributed by atoms with E-state index in [1.807, 2.05) is 6.92 Å². The van der Waals surface area contributed by atoms with E-state index in [9.17, 15) is 23.1 Å². The molecule has 2 rings (SSSR count). The summed E-state index contributed by atoms with van der Waals surface area (Å²) in [6, 6.07) is 3.57. The van der Waals surface area contributed by atoms with Gasteiger partial charge in [0, 0.05) is 25.7 Å². The van der Waals surface area contributed by atoms with Crippen LogP contribution in [0, 0.1) is 0 Å². The molecule has 1 heterocycles. The van der Waals surface area contributed by atoms with Gasteiger partial charge in [0.15, 0.2) is 0 Å². The number of carboxylic acids is 1. The van der Waals surface area contributed by atoms with Gasteiger partial charge in [-0.25, -0.2) is 0 Å². The summed E-state index contributed by atoms with van der Waals surface area (Å²) in [6.45, 7) is 3.68. The maximum absolute atomic E-state index is 12.6. The van der Waals surface area contributed by atoms with Gasteiger partial charge in [0.25, 0.3) is 0 Å². The van der Waals surface area contributed by atoms with E-state index in [1.165, 1.54) is 12.1 Å². The van der Waals surface area contributed by atoms with E-state index in [2.05, 4.69) is 5.32 Å². The summed E-state index contributed by atoms with van der Waals surface area (Å²) in [7, 11) is 0. The summed E-state index contributed by atoms with van der Waals surface area (Å²) >= 11 is 0. The molecule has 0 spiro atoms. The molecule has 2 atom stereocenters. The molecule has 0 amide bonds. The van der Waals surface area contributed by atoms with Crippen LogP contribution in [0.3, 0.4) is 0 Å². The molecular weight excluding hydrogens is 285 g/mol. The van der Waals surface area contributed by atoms with Crippen LogP contribution >= 0.6 is 0 Å². The highest BCUT2D eigenvalue weighted by Gasteiger charge is 2.33. The average Bonchev–Trinajstić information content (AvgIpc) is 2.38. The van der Waals surface area contributed by atoms with Crippen molar-refractivity contribution in [3.63, 3.8) is 0 Å². The largest absolute Gasteiger partial charge is 0.480 e. The Balaban J connectivity index is 2.24. The summed E-state index contributed by atoms with van der Waals surface area (Å²) < 4.78 is 37.7. The molecule has 0 saturated carbocycles. The van der Waals surface area contributed by atoms with Crippen molar-refractivity contribution in [1.82, 2.24) is 10.2 Å². The minimum atomic E-state index is -4.42. The van der Waals surface area contributed by atoms with Gasteiger partial charge in [-0.05, 0) is 24.6 Å². The Kier molecular flexibility index (Phi) is 4.53. The van der Waals surface area contributed by atoms with Crippen LogP contribution in [0.4, 0.5) is 13.2 Å². The lowest BCUT2D eigenvalue weighted by Gasteiger charge is -2.36. The monoisotopic (exact) mass is 302 g/mol. The van der Waals surface area contributed by atoms with Crippen molar-refractivity contribution in [1.29, 1.82) is 0 Å². The summed E-state index contributed by atoms with van der Waals surface area (Å²) in [5.74, 6) is -1.05. The highest BCUT2D eigenvalue weighted by molar-refractivity contribution is 5.75. The molecule has 1 saturated heterocycles. The van der Waals surface area contributed by atoms with Crippen LogP contribution in [0.1, 0.15) is 24.1 Å². The standard InChI is InChI=1S/C14H17F3N2O2/c1-9-8-19(7-6-18-9)12(13(20)21)10-2-4-11(5-3-10)14(15,16)17/h2-5,9,12,18H,6-8H2,1H3,(H,20,21). The smallest absolute Gasteiger partial charge is 0.416 e. The predicted octanol–water partition coefficient (Wildman–Crippen LogP) is 2.12. The number of hydrogen-bond acceptors (Lipinski definition) is 3. The van der Waals surface area contributed by atoms with Crippen molar-refractivity contribution in [3.05, 3.63) is 35.4 Å². The van der Waals surface area contributed by atoms with E-state index in [4.69, 9.17) is 0 Å². The van der Waals surface area contributed by atoms with E-state index in [1.54, 1.807) is 4.90 Å². The normalized spacial score (nSPS) is 22.0. The lowest BCUT2D eigenvalue weighted by Crippen LogP contribution is -2.51.